The number of benzene rings is 1. The Labute approximate surface area is 123 Å². The van der Waals surface area contributed by atoms with Crippen molar-refractivity contribution in [3.8, 4) is 0 Å². The standard InChI is InChI=1S/C17H28N2O/c1-14(15-7-9-16(10-8-15)19(2)3)18-12-11-17-6-4-5-13-20-17/h7-10,14,17-18H,4-6,11-13H2,1-3H3. The maximum atomic E-state index is 5.76. The van der Waals surface area contributed by atoms with Gasteiger partial charge in [0.15, 0.2) is 0 Å². The van der Waals surface area contributed by atoms with Gasteiger partial charge >= 0.3 is 0 Å². The van der Waals surface area contributed by atoms with Crippen LogP contribution in [0.25, 0.3) is 0 Å². The van der Waals surface area contributed by atoms with Gasteiger partial charge in [-0.15, -0.1) is 0 Å². The molecule has 0 bridgehead atoms. The summed E-state index contributed by atoms with van der Waals surface area (Å²) in [6.07, 6.45) is 5.39. The van der Waals surface area contributed by atoms with Crippen LogP contribution in [0.3, 0.4) is 0 Å². The molecule has 0 saturated carbocycles. The summed E-state index contributed by atoms with van der Waals surface area (Å²) in [6.45, 7) is 4.21. The van der Waals surface area contributed by atoms with E-state index in [1.54, 1.807) is 0 Å². The van der Waals surface area contributed by atoms with Crippen LogP contribution in [0.4, 0.5) is 5.69 Å². The zero-order valence-electron chi connectivity index (χ0n) is 13.1. The highest BCUT2D eigenvalue weighted by Crippen LogP contribution is 2.19. The Morgan fingerprint density at radius 3 is 2.60 bits per heavy atom. The van der Waals surface area contributed by atoms with Crippen molar-refractivity contribution in [2.45, 2.75) is 44.8 Å². The first-order valence-electron chi connectivity index (χ1n) is 7.79. The van der Waals surface area contributed by atoms with Gasteiger partial charge in [0.1, 0.15) is 0 Å². The summed E-state index contributed by atoms with van der Waals surface area (Å²) in [4.78, 5) is 2.13. The largest absolute Gasteiger partial charge is 0.378 e. The number of hydrogen-bond acceptors (Lipinski definition) is 3. The van der Waals surface area contributed by atoms with Crippen LogP contribution in [-0.2, 0) is 4.74 Å². The van der Waals surface area contributed by atoms with Crippen LogP contribution in [0.2, 0.25) is 0 Å². The Morgan fingerprint density at radius 2 is 2.00 bits per heavy atom. The highest BCUT2D eigenvalue weighted by molar-refractivity contribution is 5.46. The molecule has 1 saturated heterocycles. The van der Waals surface area contributed by atoms with E-state index < -0.39 is 0 Å². The van der Waals surface area contributed by atoms with E-state index in [-0.39, 0.29) is 0 Å². The third-order valence-electron chi connectivity index (χ3n) is 4.10. The molecule has 1 aromatic carbocycles. The summed E-state index contributed by atoms with van der Waals surface area (Å²) < 4.78 is 5.76. The summed E-state index contributed by atoms with van der Waals surface area (Å²) in [5, 5.41) is 3.60. The van der Waals surface area contributed by atoms with E-state index in [1.807, 2.05) is 0 Å². The molecule has 112 valence electrons. The van der Waals surface area contributed by atoms with E-state index in [0.717, 1.165) is 19.6 Å². The van der Waals surface area contributed by atoms with E-state index in [2.05, 4.69) is 55.5 Å². The minimum absolute atomic E-state index is 0.398. The Morgan fingerprint density at radius 1 is 1.25 bits per heavy atom. The molecule has 2 rings (SSSR count). The molecule has 0 aliphatic carbocycles. The quantitative estimate of drug-likeness (QED) is 0.862. The van der Waals surface area contributed by atoms with Crippen LogP contribution in [-0.4, -0.2) is 33.4 Å². The molecule has 1 aromatic rings. The monoisotopic (exact) mass is 276 g/mol. The summed E-state index contributed by atoms with van der Waals surface area (Å²) in [6, 6.07) is 9.18. The van der Waals surface area contributed by atoms with Gasteiger partial charge in [0.25, 0.3) is 0 Å². The second kappa shape index (κ2) is 7.65. The lowest BCUT2D eigenvalue weighted by atomic mass is 10.1. The lowest BCUT2D eigenvalue weighted by Gasteiger charge is -2.23. The van der Waals surface area contributed by atoms with Gasteiger partial charge in [0.2, 0.25) is 0 Å². The maximum absolute atomic E-state index is 5.76. The first-order valence-corrected chi connectivity index (χ1v) is 7.79. The Bertz CT molecular complexity index is 382. The molecule has 2 atom stereocenters. The first-order chi connectivity index (χ1) is 9.66. The van der Waals surface area contributed by atoms with Crippen molar-refractivity contribution in [3.63, 3.8) is 0 Å². The second-order valence-electron chi connectivity index (χ2n) is 5.94. The molecule has 3 heteroatoms. The van der Waals surface area contributed by atoms with Crippen LogP contribution in [0.1, 0.15) is 44.2 Å². The van der Waals surface area contributed by atoms with Crippen LogP contribution in [0.5, 0.6) is 0 Å². The maximum Gasteiger partial charge on any atom is 0.0587 e. The number of ether oxygens (including phenoxy) is 1. The Hall–Kier alpha value is -1.06. The molecular formula is C17H28N2O. The number of hydrogen-bond donors (Lipinski definition) is 1. The molecular weight excluding hydrogens is 248 g/mol. The lowest BCUT2D eigenvalue weighted by molar-refractivity contribution is 0.0112. The second-order valence-corrected chi connectivity index (χ2v) is 5.94. The van der Waals surface area contributed by atoms with Gasteiger partial charge in [-0.2, -0.15) is 0 Å². The fourth-order valence-electron chi connectivity index (χ4n) is 2.67. The van der Waals surface area contributed by atoms with E-state index in [4.69, 9.17) is 4.74 Å². The molecule has 1 fully saturated rings. The third kappa shape index (κ3) is 4.50. The van der Waals surface area contributed by atoms with Crippen LogP contribution < -0.4 is 10.2 Å². The zero-order valence-corrected chi connectivity index (χ0v) is 13.1. The SMILES string of the molecule is CC(NCCC1CCCCO1)c1ccc(N(C)C)cc1. The summed E-state index contributed by atoms with van der Waals surface area (Å²) >= 11 is 0. The summed E-state index contributed by atoms with van der Waals surface area (Å²) in [5.41, 5.74) is 2.59. The van der Waals surface area contributed by atoms with Gasteiger partial charge in [-0.25, -0.2) is 0 Å². The zero-order chi connectivity index (χ0) is 14.4. The van der Waals surface area contributed by atoms with Gasteiger partial charge in [-0.3, -0.25) is 0 Å². The molecule has 0 spiro atoms. The van der Waals surface area contributed by atoms with Gasteiger partial charge in [0, 0.05) is 32.4 Å². The minimum atomic E-state index is 0.398. The fourth-order valence-corrected chi connectivity index (χ4v) is 2.67. The van der Waals surface area contributed by atoms with Gasteiger partial charge in [-0.1, -0.05) is 12.1 Å². The lowest BCUT2D eigenvalue weighted by Crippen LogP contribution is -2.27. The minimum Gasteiger partial charge on any atom is -0.378 e. The molecule has 0 radical (unpaired) electrons. The smallest absolute Gasteiger partial charge is 0.0587 e. The van der Waals surface area contributed by atoms with Crippen molar-refractivity contribution in [2.75, 3.05) is 32.1 Å². The average Bonchev–Trinajstić information content (AvgIpc) is 2.48. The predicted molar refractivity (Wildman–Crippen MR) is 85.4 cm³/mol. The van der Waals surface area contributed by atoms with E-state index in [9.17, 15) is 0 Å². The van der Waals surface area contributed by atoms with Crippen LogP contribution in [0, 0.1) is 0 Å². The normalized spacial score (nSPS) is 20.6. The molecule has 1 aliphatic rings. The number of nitrogens with one attached hydrogen (secondary N) is 1. The summed E-state index contributed by atoms with van der Waals surface area (Å²) in [5.74, 6) is 0. The molecule has 1 heterocycles. The van der Waals surface area contributed by atoms with Crippen molar-refractivity contribution in [1.29, 1.82) is 0 Å². The molecule has 3 nitrogen and oxygen atoms in total. The Kier molecular flexibility index (Phi) is 5.86. The number of nitrogens with zero attached hydrogens (tertiary/aromatic N) is 1. The van der Waals surface area contributed by atoms with Crippen molar-refractivity contribution in [3.05, 3.63) is 29.8 Å². The molecule has 1 N–H and O–H groups in total. The molecule has 0 amide bonds. The molecule has 2 unspecified atom stereocenters. The van der Waals surface area contributed by atoms with E-state index in [0.29, 0.717) is 12.1 Å². The summed E-state index contributed by atoms with van der Waals surface area (Å²) in [7, 11) is 4.14. The van der Waals surface area contributed by atoms with Crippen molar-refractivity contribution < 1.29 is 4.74 Å². The van der Waals surface area contributed by atoms with Crippen molar-refractivity contribution >= 4 is 5.69 Å². The Balaban J connectivity index is 1.74. The van der Waals surface area contributed by atoms with Crippen molar-refractivity contribution in [2.24, 2.45) is 0 Å². The highest BCUT2D eigenvalue weighted by atomic mass is 16.5. The number of anilines is 1. The van der Waals surface area contributed by atoms with Gasteiger partial charge < -0.3 is 15.0 Å². The van der Waals surface area contributed by atoms with Crippen LogP contribution >= 0.6 is 0 Å². The van der Waals surface area contributed by atoms with Crippen molar-refractivity contribution in [1.82, 2.24) is 5.32 Å². The van der Waals surface area contributed by atoms with Gasteiger partial charge in [0.05, 0.1) is 6.10 Å². The fraction of sp³-hybridized carbons (Fsp3) is 0.647. The van der Waals surface area contributed by atoms with E-state index >= 15 is 0 Å². The third-order valence-corrected chi connectivity index (χ3v) is 4.10. The van der Waals surface area contributed by atoms with Crippen LogP contribution in [0.15, 0.2) is 24.3 Å². The molecule has 20 heavy (non-hydrogen) atoms. The van der Waals surface area contributed by atoms with E-state index in [1.165, 1.54) is 30.5 Å². The van der Waals surface area contributed by atoms with Gasteiger partial charge in [-0.05, 0) is 56.8 Å². The molecule has 0 aromatic heterocycles. The first kappa shape index (κ1) is 15.3. The number of rotatable bonds is 6. The highest BCUT2D eigenvalue weighted by Gasteiger charge is 2.13. The molecule has 1 aliphatic heterocycles. The topological polar surface area (TPSA) is 24.5 Å². The predicted octanol–water partition coefficient (Wildman–Crippen LogP) is 3.36. The average molecular weight is 276 g/mol.